The smallest absolute Gasteiger partial charge is 0.189 e. The molecule has 1 aliphatic carbocycles. The number of nitrogens with one attached hydrogen (secondary N) is 1. The molecule has 0 amide bonds. The molecule has 1 saturated carbocycles. The first-order valence-corrected chi connectivity index (χ1v) is 12.5. The Kier molecular flexibility index (Phi) is 5.78. The van der Waals surface area contributed by atoms with Crippen LogP contribution in [0.3, 0.4) is 0 Å². The molecule has 4 atom stereocenters. The third-order valence-corrected chi connectivity index (χ3v) is 6.73. The molecule has 2 heterocycles. The molecular weight excluding hydrogens is 386 g/mol. The lowest BCUT2D eigenvalue weighted by atomic mass is 10.1. The zero-order chi connectivity index (χ0) is 20.0. The van der Waals surface area contributed by atoms with Gasteiger partial charge in [-0.25, -0.2) is 18.4 Å². The van der Waals surface area contributed by atoms with Crippen LogP contribution < -0.4 is 5.32 Å². The molecule has 0 aromatic carbocycles. The first kappa shape index (κ1) is 20.8. The van der Waals surface area contributed by atoms with Gasteiger partial charge in [0.15, 0.2) is 10.9 Å². The van der Waals surface area contributed by atoms with Gasteiger partial charge >= 0.3 is 0 Å². The molecule has 27 heavy (non-hydrogen) atoms. The van der Waals surface area contributed by atoms with Gasteiger partial charge in [0.2, 0.25) is 0 Å². The number of sulfone groups is 1. The predicted octanol–water partition coefficient (Wildman–Crippen LogP) is 2.43. The molecule has 0 bridgehead atoms. The molecule has 4 unspecified atom stereocenters. The van der Waals surface area contributed by atoms with E-state index in [1.807, 2.05) is 27.0 Å². The van der Waals surface area contributed by atoms with Crippen LogP contribution in [0.15, 0.2) is 5.16 Å². The molecule has 0 radical (unpaired) electrons. The van der Waals surface area contributed by atoms with E-state index in [0.717, 1.165) is 28.7 Å². The summed E-state index contributed by atoms with van der Waals surface area (Å²) >= 11 is 1.50. The first-order chi connectivity index (χ1) is 12.5. The molecule has 0 spiro atoms. The number of rotatable bonds is 6. The Morgan fingerprint density at radius 3 is 2.52 bits per heavy atom. The van der Waals surface area contributed by atoms with Crippen molar-refractivity contribution in [3.8, 4) is 0 Å². The lowest BCUT2D eigenvalue weighted by Crippen LogP contribution is -2.35. The van der Waals surface area contributed by atoms with E-state index >= 15 is 0 Å². The molecule has 2 fully saturated rings. The Morgan fingerprint density at radius 1 is 1.26 bits per heavy atom. The topological polar surface area (TPSA) is 90.4 Å². The van der Waals surface area contributed by atoms with E-state index in [0.29, 0.717) is 6.42 Å². The summed E-state index contributed by atoms with van der Waals surface area (Å²) in [7, 11) is -3.10. The van der Waals surface area contributed by atoms with Crippen LogP contribution in [0.1, 0.15) is 38.4 Å². The van der Waals surface area contributed by atoms with E-state index in [9.17, 15) is 8.42 Å². The lowest BCUT2D eigenvalue weighted by molar-refractivity contribution is -0.156. The van der Waals surface area contributed by atoms with E-state index < -0.39 is 15.6 Å². The third kappa shape index (κ3) is 4.58. The van der Waals surface area contributed by atoms with Gasteiger partial charge in [-0.3, -0.25) is 0 Å². The highest BCUT2D eigenvalue weighted by Crippen LogP contribution is 2.43. The minimum Gasteiger partial charge on any atom is -0.364 e. The number of nitrogens with zero attached hydrogens (tertiary/aromatic N) is 2. The summed E-state index contributed by atoms with van der Waals surface area (Å²) in [6.45, 7) is 7.82. The van der Waals surface area contributed by atoms with E-state index in [-0.39, 0.29) is 29.9 Å². The van der Waals surface area contributed by atoms with Crippen LogP contribution in [0.2, 0.25) is 0 Å². The number of aryl methyl sites for hydroxylation is 1. The molecular formula is C18H29N3O4S2. The van der Waals surface area contributed by atoms with Crippen molar-refractivity contribution in [2.45, 2.75) is 69.7 Å². The van der Waals surface area contributed by atoms with Gasteiger partial charge in [-0.15, -0.1) is 0 Å². The number of aromatic nitrogens is 2. The Bertz CT molecular complexity index is 813. The average Bonchev–Trinajstić information content (AvgIpc) is 3.00. The highest BCUT2D eigenvalue weighted by Gasteiger charge is 2.54. The van der Waals surface area contributed by atoms with E-state index in [4.69, 9.17) is 9.47 Å². The maximum Gasteiger partial charge on any atom is 0.189 e. The summed E-state index contributed by atoms with van der Waals surface area (Å²) in [4.78, 5) is 9.19. The fourth-order valence-electron chi connectivity index (χ4n) is 4.16. The average molecular weight is 416 g/mol. The Hall–Kier alpha value is -0.900. The van der Waals surface area contributed by atoms with Gasteiger partial charge in [0.1, 0.15) is 21.8 Å². The highest BCUT2D eigenvalue weighted by atomic mass is 32.2. The van der Waals surface area contributed by atoms with Crippen molar-refractivity contribution in [1.29, 1.82) is 0 Å². The minimum absolute atomic E-state index is 0.0576. The zero-order valence-electron chi connectivity index (χ0n) is 16.8. The number of ether oxygens (including phenoxy) is 2. The van der Waals surface area contributed by atoms with Gasteiger partial charge in [0, 0.05) is 23.4 Å². The van der Waals surface area contributed by atoms with Crippen LogP contribution >= 0.6 is 11.8 Å². The molecule has 1 N–H and O–H groups in total. The first-order valence-electron chi connectivity index (χ1n) is 9.24. The van der Waals surface area contributed by atoms with Crippen LogP contribution in [-0.2, 0) is 25.7 Å². The van der Waals surface area contributed by atoms with Gasteiger partial charge in [-0.1, -0.05) is 18.7 Å². The van der Waals surface area contributed by atoms with E-state index in [1.165, 1.54) is 18.0 Å². The van der Waals surface area contributed by atoms with Crippen LogP contribution in [-0.4, -0.2) is 60.7 Å². The maximum atomic E-state index is 11.9. The quantitative estimate of drug-likeness (QED) is 0.560. The lowest BCUT2D eigenvalue weighted by Gasteiger charge is -2.25. The van der Waals surface area contributed by atoms with Crippen molar-refractivity contribution < 1.29 is 17.9 Å². The van der Waals surface area contributed by atoms with E-state index in [1.54, 1.807) is 0 Å². The number of anilines is 1. The molecule has 1 aliphatic heterocycles. The van der Waals surface area contributed by atoms with Crippen LogP contribution in [0.5, 0.6) is 0 Å². The zero-order valence-corrected chi connectivity index (χ0v) is 18.4. The second kappa shape index (κ2) is 7.50. The van der Waals surface area contributed by atoms with Crippen LogP contribution in [0.25, 0.3) is 0 Å². The summed E-state index contributed by atoms with van der Waals surface area (Å²) < 4.78 is 36.0. The van der Waals surface area contributed by atoms with Crippen LogP contribution in [0, 0.1) is 12.8 Å². The molecule has 1 saturated heterocycles. The number of fused-ring (bicyclic) bond motifs is 1. The van der Waals surface area contributed by atoms with Crippen molar-refractivity contribution in [1.82, 2.24) is 9.97 Å². The Balaban J connectivity index is 1.89. The van der Waals surface area contributed by atoms with Gasteiger partial charge < -0.3 is 14.8 Å². The highest BCUT2D eigenvalue weighted by molar-refractivity contribution is 7.98. The van der Waals surface area contributed by atoms with Gasteiger partial charge in [-0.2, -0.15) is 0 Å². The number of hydrogen-bond acceptors (Lipinski definition) is 8. The van der Waals surface area contributed by atoms with Gasteiger partial charge in [0.05, 0.1) is 17.9 Å². The molecule has 9 heteroatoms. The largest absolute Gasteiger partial charge is 0.364 e. The maximum absolute atomic E-state index is 11.9. The van der Waals surface area contributed by atoms with Crippen molar-refractivity contribution in [2.75, 3.05) is 23.6 Å². The summed E-state index contributed by atoms with van der Waals surface area (Å²) in [5.74, 6) is 0.0970. The van der Waals surface area contributed by atoms with Crippen molar-refractivity contribution >= 4 is 27.4 Å². The van der Waals surface area contributed by atoms with Gasteiger partial charge in [0.25, 0.3) is 0 Å². The van der Waals surface area contributed by atoms with E-state index in [2.05, 4.69) is 22.2 Å². The Morgan fingerprint density at radius 2 is 1.93 bits per heavy atom. The normalized spacial score (nSPS) is 29.7. The molecule has 152 valence electrons. The van der Waals surface area contributed by atoms with Gasteiger partial charge in [-0.05, 0) is 39.9 Å². The van der Waals surface area contributed by atoms with Crippen LogP contribution in [0.4, 0.5) is 5.82 Å². The molecule has 1 aromatic rings. The monoisotopic (exact) mass is 415 g/mol. The summed E-state index contributed by atoms with van der Waals surface area (Å²) in [5.41, 5.74) is 2.04. The summed E-state index contributed by atoms with van der Waals surface area (Å²) in [6, 6.07) is -0.0576. The molecule has 2 aliphatic rings. The van der Waals surface area contributed by atoms with Crippen molar-refractivity contribution in [3.63, 3.8) is 0 Å². The number of thioether (sulfide) groups is 1. The Labute approximate surface area is 165 Å². The van der Waals surface area contributed by atoms with Crippen molar-refractivity contribution in [2.24, 2.45) is 5.92 Å². The fourth-order valence-corrected chi connectivity index (χ4v) is 5.67. The molecule has 3 rings (SSSR count). The van der Waals surface area contributed by atoms with Crippen molar-refractivity contribution in [3.05, 3.63) is 11.3 Å². The second-order valence-corrected chi connectivity index (χ2v) is 10.8. The molecule has 1 aromatic heterocycles. The minimum atomic E-state index is -3.10. The third-order valence-electron chi connectivity index (χ3n) is 5.15. The predicted molar refractivity (Wildman–Crippen MR) is 107 cm³/mol. The molecule has 7 nitrogen and oxygen atoms in total. The summed E-state index contributed by atoms with van der Waals surface area (Å²) in [6.07, 6.45) is 4.27. The fraction of sp³-hybridized carbons (Fsp3) is 0.778. The second-order valence-electron chi connectivity index (χ2n) is 7.88. The standard InChI is InChI=1S/C18H29N3O4S2/c1-7-12-10(2)19-17(26-5)21-16(12)20-13-8-11(9-27(6,22)23)14-15(13)25-18(3,4)24-14/h11,13-15H,7-9H2,1-6H3,(H,19,20,21). The number of hydrogen-bond donors (Lipinski definition) is 1. The SMILES string of the molecule is CCc1c(C)nc(SC)nc1NC1CC(CS(C)(=O)=O)C2OC(C)(C)OC12. The summed E-state index contributed by atoms with van der Waals surface area (Å²) in [5, 5.41) is 4.26.